The first kappa shape index (κ1) is 18.6. The van der Waals surface area contributed by atoms with Gasteiger partial charge in [0.05, 0.1) is 10.5 Å². The molecule has 2 aromatic rings. The number of rotatable bonds is 6. The highest BCUT2D eigenvalue weighted by Crippen LogP contribution is 2.23. The summed E-state index contributed by atoms with van der Waals surface area (Å²) in [5.74, 6) is -1.20. The van der Waals surface area contributed by atoms with Crippen molar-refractivity contribution in [1.82, 2.24) is 4.72 Å². The maximum atomic E-state index is 12.3. The zero-order valence-corrected chi connectivity index (χ0v) is 15.2. The van der Waals surface area contributed by atoms with Crippen molar-refractivity contribution in [2.45, 2.75) is 22.1 Å². The highest BCUT2D eigenvalue weighted by molar-refractivity contribution is 7.91. The van der Waals surface area contributed by atoms with E-state index in [-0.39, 0.29) is 14.7 Å². The number of hydrogen-bond acceptors (Lipinski definition) is 6. The molecule has 0 saturated heterocycles. The lowest BCUT2D eigenvalue weighted by Gasteiger charge is -2.14. The molecule has 0 radical (unpaired) electrons. The molecule has 0 fully saturated rings. The summed E-state index contributed by atoms with van der Waals surface area (Å²) in [6, 6.07) is 6.35. The van der Waals surface area contributed by atoms with Crippen molar-refractivity contribution in [3.8, 4) is 0 Å². The summed E-state index contributed by atoms with van der Waals surface area (Å²) >= 11 is 0.817. The van der Waals surface area contributed by atoms with Crippen molar-refractivity contribution >= 4 is 37.2 Å². The van der Waals surface area contributed by atoms with Crippen molar-refractivity contribution in [3.63, 3.8) is 0 Å². The van der Waals surface area contributed by atoms with Gasteiger partial charge in [0.1, 0.15) is 4.21 Å². The summed E-state index contributed by atoms with van der Waals surface area (Å²) in [6.45, 7) is 1.61. The molecule has 0 aliphatic carbocycles. The fourth-order valence-corrected chi connectivity index (χ4v) is 4.96. The lowest BCUT2D eigenvalue weighted by atomic mass is 10.1. The third-order valence-corrected chi connectivity index (χ3v) is 7.34. The van der Waals surface area contributed by atoms with Crippen LogP contribution < -0.4 is 4.72 Å². The Kier molecular flexibility index (Phi) is 5.14. The first-order valence-electron chi connectivity index (χ1n) is 6.65. The lowest BCUT2D eigenvalue weighted by Crippen LogP contribution is -2.26. The van der Waals surface area contributed by atoms with Gasteiger partial charge in [0.15, 0.2) is 9.84 Å². The van der Waals surface area contributed by atoms with Gasteiger partial charge in [-0.3, -0.25) is 0 Å². The van der Waals surface area contributed by atoms with Crippen LogP contribution in [0.25, 0.3) is 0 Å². The fraction of sp³-hybridized carbons (Fsp3) is 0.214. The van der Waals surface area contributed by atoms with Crippen LogP contribution in [0.5, 0.6) is 0 Å². The van der Waals surface area contributed by atoms with Crippen molar-refractivity contribution in [2.24, 2.45) is 0 Å². The van der Waals surface area contributed by atoms with Gasteiger partial charge in [0, 0.05) is 17.7 Å². The smallest absolute Gasteiger partial charge is 0.336 e. The van der Waals surface area contributed by atoms with Crippen LogP contribution in [-0.4, -0.2) is 34.2 Å². The molecule has 10 heteroatoms. The van der Waals surface area contributed by atoms with E-state index in [0.717, 1.165) is 23.7 Å². The Morgan fingerprint density at radius 3 is 2.21 bits per heavy atom. The summed E-state index contributed by atoms with van der Waals surface area (Å²) in [7, 11) is -7.19. The number of aromatic carboxylic acids is 1. The number of carboxylic acids is 1. The van der Waals surface area contributed by atoms with Gasteiger partial charge in [-0.15, -0.1) is 11.3 Å². The van der Waals surface area contributed by atoms with Crippen molar-refractivity contribution in [1.29, 1.82) is 0 Å². The van der Waals surface area contributed by atoms with Gasteiger partial charge in [0.2, 0.25) is 0 Å². The summed E-state index contributed by atoms with van der Waals surface area (Å²) < 4.78 is 49.8. The second kappa shape index (κ2) is 6.63. The number of thiophene rings is 1. The lowest BCUT2D eigenvalue weighted by molar-refractivity contribution is 0.0697. The quantitative estimate of drug-likeness (QED) is 0.779. The Morgan fingerprint density at radius 2 is 1.75 bits per heavy atom. The number of carbonyl (C=O) groups is 1. The topological polar surface area (TPSA) is 118 Å². The molecule has 1 unspecified atom stereocenters. The maximum absolute atomic E-state index is 12.3. The number of carboxylic acid groups (broad SMARTS) is 1. The molecular weight excluding hydrogens is 374 g/mol. The maximum Gasteiger partial charge on any atom is 0.336 e. The minimum atomic E-state index is -3.87. The molecule has 2 N–H and O–H groups in total. The third-order valence-electron chi connectivity index (χ3n) is 3.23. The standard InChI is InChI=1S/C14H15NO6S3/c1-9(10-3-5-12(6-4-10)23(2,18)19)15-24(20,21)13-7-11(8-22-13)14(16)17/h3-9,15H,1-2H3,(H,16,17). The molecule has 0 aliphatic heterocycles. The average Bonchev–Trinajstić information content (AvgIpc) is 2.97. The Balaban J connectivity index is 2.21. The van der Waals surface area contributed by atoms with Crippen LogP contribution in [0.4, 0.5) is 0 Å². The van der Waals surface area contributed by atoms with E-state index in [0.29, 0.717) is 5.56 Å². The molecule has 1 atom stereocenters. The first-order chi connectivity index (χ1) is 11.0. The van der Waals surface area contributed by atoms with Crippen LogP contribution in [-0.2, 0) is 19.9 Å². The van der Waals surface area contributed by atoms with Gasteiger partial charge < -0.3 is 5.11 Å². The molecule has 1 aromatic carbocycles. The van der Waals surface area contributed by atoms with Gasteiger partial charge in [-0.25, -0.2) is 26.4 Å². The van der Waals surface area contributed by atoms with Gasteiger partial charge in [-0.1, -0.05) is 12.1 Å². The summed E-state index contributed by atoms with van der Waals surface area (Å²) in [5.41, 5.74) is 0.492. The van der Waals surface area contributed by atoms with Crippen LogP contribution in [0.3, 0.4) is 0 Å². The van der Waals surface area contributed by atoms with E-state index in [4.69, 9.17) is 5.11 Å². The van der Waals surface area contributed by atoms with E-state index in [2.05, 4.69) is 4.72 Å². The molecule has 0 saturated carbocycles. The summed E-state index contributed by atoms with van der Waals surface area (Å²) in [5, 5.41) is 10.1. The molecule has 7 nitrogen and oxygen atoms in total. The number of nitrogens with one attached hydrogen (secondary N) is 1. The molecule has 130 valence electrons. The highest BCUT2D eigenvalue weighted by atomic mass is 32.2. The second-order valence-electron chi connectivity index (χ2n) is 5.14. The van der Waals surface area contributed by atoms with E-state index in [1.165, 1.54) is 29.6 Å². The van der Waals surface area contributed by atoms with E-state index in [9.17, 15) is 21.6 Å². The van der Waals surface area contributed by atoms with Gasteiger partial charge in [-0.2, -0.15) is 0 Å². The zero-order valence-electron chi connectivity index (χ0n) is 12.8. The van der Waals surface area contributed by atoms with Crippen LogP contribution in [0.2, 0.25) is 0 Å². The van der Waals surface area contributed by atoms with Gasteiger partial charge in [0.25, 0.3) is 10.0 Å². The average molecular weight is 389 g/mol. The van der Waals surface area contributed by atoms with Crippen LogP contribution >= 0.6 is 11.3 Å². The third kappa shape index (κ3) is 4.20. The summed E-state index contributed by atoms with van der Waals surface area (Å²) in [6.07, 6.45) is 1.09. The Bertz CT molecular complexity index is 958. The number of sulfone groups is 1. The molecule has 1 aromatic heterocycles. The van der Waals surface area contributed by atoms with Gasteiger partial charge in [-0.05, 0) is 30.7 Å². The Labute approximate surface area is 143 Å². The normalized spacial score (nSPS) is 13.6. The molecule has 24 heavy (non-hydrogen) atoms. The van der Waals surface area contributed by atoms with E-state index < -0.39 is 31.9 Å². The number of sulfonamides is 1. The van der Waals surface area contributed by atoms with Crippen LogP contribution in [0.15, 0.2) is 44.8 Å². The second-order valence-corrected chi connectivity index (χ2v) is 10.0. The van der Waals surface area contributed by atoms with Crippen molar-refractivity contribution in [3.05, 3.63) is 46.8 Å². The minimum absolute atomic E-state index is 0.0921. The van der Waals surface area contributed by atoms with Crippen LogP contribution in [0.1, 0.15) is 28.9 Å². The van der Waals surface area contributed by atoms with Crippen LogP contribution in [0, 0.1) is 0 Å². The molecule has 0 spiro atoms. The predicted molar refractivity (Wildman–Crippen MR) is 89.6 cm³/mol. The molecule has 2 rings (SSSR count). The summed E-state index contributed by atoms with van der Waals surface area (Å²) in [4.78, 5) is 11.0. The number of hydrogen-bond donors (Lipinski definition) is 2. The first-order valence-corrected chi connectivity index (χ1v) is 10.9. The number of benzene rings is 1. The Hall–Kier alpha value is -1.75. The largest absolute Gasteiger partial charge is 0.478 e. The van der Waals surface area contributed by atoms with E-state index in [1.54, 1.807) is 6.92 Å². The van der Waals surface area contributed by atoms with Gasteiger partial charge >= 0.3 is 5.97 Å². The fourth-order valence-electron chi connectivity index (χ4n) is 1.93. The molecule has 0 aliphatic rings. The SMILES string of the molecule is CC(NS(=O)(=O)c1cc(C(=O)O)cs1)c1ccc(S(C)(=O)=O)cc1. The molecular formula is C14H15NO6S3. The minimum Gasteiger partial charge on any atom is -0.478 e. The molecule has 0 bridgehead atoms. The zero-order chi connectivity index (χ0) is 18.1. The Morgan fingerprint density at radius 1 is 1.17 bits per heavy atom. The highest BCUT2D eigenvalue weighted by Gasteiger charge is 2.22. The predicted octanol–water partition coefficient (Wildman–Crippen LogP) is 1.89. The monoisotopic (exact) mass is 389 g/mol. The van der Waals surface area contributed by atoms with Crippen molar-refractivity contribution < 1.29 is 26.7 Å². The molecule has 0 amide bonds. The van der Waals surface area contributed by atoms with Crippen molar-refractivity contribution in [2.75, 3.05) is 6.26 Å². The molecule has 1 heterocycles. The van der Waals surface area contributed by atoms with E-state index >= 15 is 0 Å². The van der Waals surface area contributed by atoms with E-state index in [1.807, 2.05) is 0 Å².